The summed E-state index contributed by atoms with van der Waals surface area (Å²) >= 11 is 23.4. The lowest BCUT2D eigenvalue weighted by molar-refractivity contribution is 0.570. The van der Waals surface area contributed by atoms with Crippen molar-refractivity contribution in [1.29, 1.82) is 0 Å². The fraction of sp³-hybridized carbons (Fsp3) is 0.143. The molecule has 0 bridgehead atoms. The van der Waals surface area contributed by atoms with Crippen LogP contribution in [0, 0.1) is 0 Å². The molecule has 142 valence electrons. The van der Waals surface area contributed by atoms with Crippen molar-refractivity contribution < 1.29 is 16.8 Å². The highest BCUT2D eigenvalue weighted by Gasteiger charge is 2.21. The minimum atomic E-state index is -3.96. The second-order valence-electron chi connectivity index (χ2n) is 4.90. The van der Waals surface area contributed by atoms with E-state index in [2.05, 4.69) is 9.44 Å². The third-order valence-electron chi connectivity index (χ3n) is 3.12. The molecule has 0 saturated heterocycles. The Morgan fingerprint density at radius 3 is 1.35 bits per heavy atom. The molecule has 0 aliphatic heterocycles. The summed E-state index contributed by atoms with van der Waals surface area (Å²) in [5, 5.41) is -0.0578. The summed E-state index contributed by atoms with van der Waals surface area (Å²) in [7, 11) is -7.92. The number of hydrogen-bond donors (Lipinski definition) is 2. The SMILES string of the molecule is O=S(=O)(NCCNS(=O)(=O)c1cccc(Cl)c1Cl)c1cccc(Cl)c1Cl. The third kappa shape index (κ3) is 5.02. The van der Waals surface area contributed by atoms with Gasteiger partial charge in [0.1, 0.15) is 9.79 Å². The Morgan fingerprint density at radius 1 is 0.654 bits per heavy atom. The van der Waals surface area contributed by atoms with E-state index in [0.717, 1.165) is 0 Å². The van der Waals surface area contributed by atoms with E-state index < -0.39 is 20.0 Å². The average Bonchev–Trinajstić information content (AvgIpc) is 2.56. The van der Waals surface area contributed by atoms with E-state index >= 15 is 0 Å². The summed E-state index contributed by atoms with van der Waals surface area (Å²) in [6, 6.07) is 8.34. The van der Waals surface area contributed by atoms with Crippen molar-refractivity contribution in [2.45, 2.75) is 9.79 Å². The maximum Gasteiger partial charge on any atom is 0.242 e. The van der Waals surface area contributed by atoms with Gasteiger partial charge in [-0.1, -0.05) is 58.5 Å². The highest BCUT2D eigenvalue weighted by atomic mass is 35.5. The van der Waals surface area contributed by atoms with Gasteiger partial charge in [-0.25, -0.2) is 26.3 Å². The van der Waals surface area contributed by atoms with Gasteiger partial charge >= 0.3 is 0 Å². The largest absolute Gasteiger partial charge is 0.242 e. The van der Waals surface area contributed by atoms with Crippen molar-refractivity contribution in [3.63, 3.8) is 0 Å². The molecule has 0 radical (unpaired) electrons. The van der Waals surface area contributed by atoms with Crippen LogP contribution in [-0.4, -0.2) is 29.9 Å². The average molecular weight is 478 g/mol. The summed E-state index contributed by atoms with van der Waals surface area (Å²) in [5.41, 5.74) is 0. The molecule has 2 N–H and O–H groups in total. The van der Waals surface area contributed by atoms with E-state index in [1.807, 2.05) is 0 Å². The molecule has 0 amide bonds. The molecule has 26 heavy (non-hydrogen) atoms. The summed E-state index contributed by atoms with van der Waals surface area (Å²) < 4.78 is 53.4. The van der Waals surface area contributed by atoms with E-state index in [9.17, 15) is 16.8 Å². The molecule has 0 fully saturated rings. The van der Waals surface area contributed by atoms with Crippen molar-refractivity contribution in [3.8, 4) is 0 Å². The van der Waals surface area contributed by atoms with Crippen LogP contribution in [0.3, 0.4) is 0 Å². The van der Waals surface area contributed by atoms with Gasteiger partial charge < -0.3 is 0 Å². The molecule has 2 rings (SSSR count). The summed E-state index contributed by atoms with van der Waals surface area (Å²) in [4.78, 5) is -0.403. The zero-order valence-electron chi connectivity index (χ0n) is 12.8. The van der Waals surface area contributed by atoms with Crippen molar-refractivity contribution >= 4 is 66.5 Å². The molecule has 0 saturated carbocycles. The lowest BCUT2D eigenvalue weighted by atomic mass is 10.4. The highest BCUT2D eigenvalue weighted by molar-refractivity contribution is 7.90. The van der Waals surface area contributed by atoms with Crippen LogP contribution in [0.2, 0.25) is 20.1 Å². The van der Waals surface area contributed by atoms with Gasteiger partial charge in [-0.3, -0.25) is 0 Å². The fourth-order valence-electron chi connectivity index (χ4n) is 1.91. The van der Waals surface area contributed by atoms with E-state index in [0.29, 0.717) is 0 Å². The van der Waals surface area contributed by atoms with E-state index in [1.165, 1.54) is 36.4 Å². The van der Waals surface area contributed by atoms with Crippen molar-refractivity contribution in [2.24, 2.45) is 0 Å². The molecular weight excluding hydrogens is 466 g/mol. The van der Waals surface area contributed by atoms with Crippen LogP contribution in [0.5, 0.6) is 0 Å². The van der Waals surface area contributed by atoms with Crippen molar-refractivity contribution in [1.82, 2.24) is 9.44 Å². The predicted molar refractivity (Wildman–Crippen MR) is 103 cm³/mol. The lowest BCUT2D eigenvalue weighted by Crippen LogP contribution is -2.35. The molecule has 0 unspecified atom stereocenters. The first-order valence-corrected chi connectivity index (χ1v) is 11.4. The maximum atomic E-state index is 12.2. The first-order chi connectivity index (χ1) is 12.1. The van der Waals surface area contributed by atoms with E-state index in [-0.39, 0.29) is 43.0 Å². The number of nitrogens with one attached hydrogen (secondary N) is 2. The standard InChI is InChI=1S/C14H12Cl4N2O4S2/c15-9-3-1-5-11(13(9)17)25(21,22)19-7-8-20-26(23,24)12-6-2-4-10(16)14(12)18/h1-6,19-20H,7-8H2. The van der Waals surface area contributed by atoms with Crippen molar-refractivity contribution in [3.05, 3.63) is 56.5 Å². The van der Waals surface area contributed by atoms with Crippen LogP contribution in [-0.2, 0) is 20.0 Å². The Bertz CT molecular complexity index is 944. The molecule has 0 aliphatic carbocycles. The molecular formula is C14H12Cl4N2O4S2. The Balaban J connectivity index is 2.04. The quantitative estimate of drug-likeness (QED) is 0.596. The topological polar surface area (TPSA) is 92.3 Å². The number of benzene rings is 2. The van der Waals surface area contributed by atoms with Gasteiger partial charge in [-0.05, 0) is 24.3 Å². The number of halogens is 4. The first-order valence-electron chi connectivity index (χ1n) is 6.93. The van der Waals surface area contributed by atoms with Gasteiger partial charge in [0.15, 0.2) is 0 Å². The molecule has 0 atom stereocenters. The summed E-state index contributed by atoms with van der Waals surface area (Å²) in [6.07, 6.45) is 0. The Labute approximate surface area is 171 Å². The van der Waals surface area contributed by atoms with Gasteiger partial charge in [0.2, 0.25) is 20.0 Å². The molecule has 2 aromatic rings. The summed E-state index contributed by atoms with van der Waals surface area (Å²) in [5.74, 6) is 0. The minimum Gasteiger partial charge on any atom is -0.210 e. The Morgan fingerprint density at radius 2 is 1.00 bits per heavy atom. The number of rotatable bonds is 7. The third-order valence-corrected chi connectivity index (χ3v) is 7.99. The Hall–Kier alpha value is -0.580. The minimum absolute atomic E-state index is 0.0887. The van der Waals surface area contributed by atoms with Crippen LogP contribution in [0.25, 0.3) is 0 Å². The van der Waals surface area contributed by atoms with E-state index in [1.54, 1.807) is 0 Å². The maximum absolute atomic E-state index is 12.2. The molecule has 6 nitrogen and oxygen atoms in total. The van der Waals surface area contributed by atoms with Gasteiger partial charge in [0.25, 0.3) is 0 Å². The molecule has 0 spiro atoms. The second kappa shape index (κ2) is 8.62. The van der Waals surface area contributed by atoms with Crippen molar-refractivity contribution in [2.75, 3.05) is 13.1 Å². The first kappa shape index (κ1) is 21.7. The van der Waals surface area contributed by atoms with Gasteiger partial charge in [-0.15, -0.1) is 0 Å². The lowest BCUT2D eigenvalue weighted by Gasteiger charge is -2.11. The second-order valence-corrected chi connectivity index (χ2v) is 9.94. The van der Waals surface area contributed by atoms with Crippen LogP contribution < -0.4 is 9.44 Å². The summed E-state index contributed by atoms with van der Waals surface area (Å²) in [6.45, 7) is -0.439. The molecule has 2 aromatic carbocycles. The zero-order chi connectivity index (χ0) is 19.5. The molecule has 0 aromatic heterocycles. The normalized spacial score (nSPS) is 12.3. The van der Waals surface area contributed by atoms with Gasteiger partial charge in [0, 0.05) is 13.1 Å². The smallest absolute Gasteiger partial charge is 0.210 e. The molecule has 0 aliphatic rings. The van der Waals surface area contributed by atoms with Crippen LogP contribution in [0.4, 0.5) is 0 Å². The van der Waals surface area contributed by atoms with Crippen LogP contribution >= 0.6 is 46.4 Å². The predicted octanol–water partition coefficient (Wildman–Crippen LogP) is 3.56. The van der Waals surface area contributed by atoms with E-state index in [4.69, 9.17) is 46.4 Å². The number of sulfonamides is 2. The van der Waals surface area contributed by atoms with Gasteiger partial charge in [-0.2, -0.15) is 0 Å². The fourth-order valence-corrected chi connectivity index (χ4v) is 5.49. The van der Waals surface area contributed by atoms with Crippen LogP contribution in [0.15, 0.2) is 46.2 Å². The monoisotopic (exact) mass is 476 g/mol. The number of hydrogen-bond acceptors (Lipinski definition) is 4. The molecule has 12 heteroatoms. The zero-order valence-corrected chi connectivity index (χ0v) is 17.5. The van der Waals surface area contributed by atoms with Gasteiger partial charge in [0.05, 0.1) is 20.1 Å². The van der Waals surface area contributed by atoms with Crippen LogP contribution in [0.1, 0.15) is 0 Å². The molecule has 0 heterocycles. The Kier molecular flexibility index (Phi) is 7.20. The highest BCUT2D eigenvalue weighted by Crippen LogP contribution is 2.29.